The summed E-state index contributed by atoms with van der Waals surface area (Å²) in [6.45, 7) is 2.29. The topological polar surface area (TPSA) is 94.3 Å². The Morgan fingerprint density at radius 3 is 2.47 bits per heavy atom. The molecule has 19 heavy (non-hydrogen) atoms. The second kappa shape index (κ2) is 6.58. The lowest BCUT2D eigenvalue weighted by atomic mass is 10.2. The van der Waals surface area contributed by atoms with Gasteiger partial charge in [-0.2, -0.15) is 0 Å². The Morgan fingerprint density at radius 1 is 1.26 bits per heavy atom. The zero-order valence-electron chi connectivity index (χ0n) is 11.2. The van der Waals surface area contributed by atoms with Crippen molar-refractivity contribution in [1.82, 2.24) is 20.5 Å². The molecule has 1 rings (SSSR count). The average Bonchev–Trinajstić information content (AvgIpc) is 2.33. The number of carbonyl (C=O) groups excluding carboxylic acids is 2. The third-order valence-electron chi connectivity index (χ3n) is 2.39. The Kier molecular flexibility index (Phi) is 5.11. The second-order valence-electron chi connectivity index (χ2n) is 4.28. The number of nitrogens with zero attached hydrogens (tertiary/aromatic N) is 1. The van der Waals surface area contributed by atoms with Gasteiger partial charge in [0.05, 0.1) is 0 Å². The van der Waals surface area contributed by atoms with Crippen LogP contribution in [0.5, 0.6) is 0 Å². The van der Waals surface area contributed by atoms with Crippen LogP contribution in [0.4, 0.5) is 4.79 Å². The first-order valence-electron chi connectivity index (χ1n) is 5.84. The zero-order valence-corrected chi connectivity index (χ0v) is 11.2. The lowest BCUT2D eigenvalue weighted by Crippen LogP contribution is -2.40. The van der Waals surface area contributed by atoms with E-state index in [4.69, 9.17) is 0 Å². The number of pyridine rings is 1. The third-order valence-corrected chi connectivity index (χ3v) is 2.39. The lowest BCUT2D eigenvalue weighted by Gasteiger charge is -2.12. The summed E-state index contributed by atoms with van der Waals surface area (Å²) in [5.41, 5.74) is 0.426. The molecule has 1 heterocycles. The quantitative estimate of drug-likeness (QED) is 0.652. The van der Waals surface area contributed by atoms with Crippen LogP contribution in [0.25, 0.3) is 0 Å². The number of nitrogens with one attached hydrogen (secondary N) is 3. The van der Waals surface area contributed by atoms with E-state index in [0.29, 0.717) is 12.2 Å². The summed E-state index contributed by atoms with van der Waals surface area (Å²) < 4.78 is 0. The maximum Gasteiger partial charge on any atom is 0.316 e. The molecule has 7 heteroatoms. The monoisotopic (exact) mass is 266 g/mol. The molecule has 0 fully saturated rings. The van der Waals surface area contributed by atoms with Crippen LogP contribution in [0.1, 0.15) is 16.1 Å². The number of aromatic amines is 1. The van der Waals surface area contributed by atoms with Gasteiger partial charge in [-0.15, -0.1) is 0 Å². The average molecular weight is 266 g/mol. The number of rotatable bonds is 4. The molecule has 0 aliphatic heterocycles. The fourth-order valence-electron chi connectivity index (χ4n) is 1.35. The maximum absolute atomic E-state index is 11.7. The van der Waals surface area contributed by atoms with Gasteiger partial charge in [0.2, 0.25) is 0 Å². The molecule has 0 spiro atoms. The Bertz CT molecular complexity index is 522. The van der Waals surface area contributed by atoms with Gasteiger partial charge >= 0.3 is 6.03 Å². The summed E-state index contributed by atoms with van der Waals surface area (Å²) >= 11 is 0. The van der Waals surface area contributed by atoms with E-state index in [-0.39, 0.29) is 23.6 Å². The van der Waals surface area contributed by atoms with Crippen molar-refractivity contribution in [3.05, 3.63) is 33.7 Å². The molecular formula is C12H18N4O3. The molecule has 0 radical (unpaired) electrons. The minimum absolute atomic E-state index is 0.0598. The van der Waals surface area contributed by atoms with Crippen molar-refractivity contribution in [3.63, 3.8) is 0 Å². The zero-order chi connectivity index (χ0) is 14.4. The van der Waals surface area contributed by atoms with Crippen LogP contribution in [-0.4, -0.2) is 49.0 Å². The molecule has 0 atom stereocenters. The van der Waals surface area contributed by atoms with Crippen LogP contribution in [0, 0.1) is 6.92 Å². The number of urea groups is 1. The predicted octanol–water partition coefficient (Wildman–Crippen LogP) is -0.316. The summed E-state index contributed by atoms with van der Waals surface area (Å²) in [6.07, 6.45) is 1.38. The fraction of sp³-hybridized carbons (Fsp3) is 0.417. The van der Waals surface area contributed by atoms with Gasteiger partial charge in [-0.3, -0.25) is 9.59 Å². The molecule has 3 amide bonds. The number of hydrogen-bond donors (Lipinski definition) is 3. The molecule has 0 saturated carbocycles. The van der Waals surface area contributed by atoms with Crippen molar-refractivity contribution >= 4 is 11.9 Å². The minimum Gasteiger partial charge on any atom is -0.364 e. The molecule has 0 aromatic carbocycles. The third kappa shape index (κ3) is 4.46. The molecule has 104 valence electrons. The minimum atomic E-state index is -0.458. The summed E-state index contributed by atoms with van der Waals surface area (Å²) in [6, 6.07) is 1.13. The predicted molar refractivity (Wildman–Crippen MR) is 71.2 cm³/mol. The SMILES string of the molecule is Cc1cc(=O)c(C(=O)NCCNC(=O)N(C)C)c[nH]1. The number of carbonyl (C=O) groups is 2. The smallest absolute Gasteiger partial charge is 0.316 e. The number of amides is 3. The number of aryl methyl sites for hydroxylation is 1. The summed E-state index contributed by atoms with van der Waals surface area (Å²) in [4.78, 5) is 38.7. The largest absolute Gasteiger partial charge is 0.364 e. The van der Waals surface area contributed by atoms with Crippen molar-refractivity contribution in [1.29, 1.82) is 0 Å². The van der Waals surface area contributed by atoms with E-state index in [1.54, 1.807) is 21.0 Å². The molecule has 1 aromatic rings. The van der Waals surface area contributed by atoms with Crippen molar-refractivity contribution in [2.24, 2.45) is 0 Å². The van der Waals surface area contributed by atoms with Crippen LogP contribution in [0.3, 0.4) is 0 Å². The van der Waals surface area contributed by atoms with Crippen LogP contribution in [0.2, 0.25) is 0 Å². The second-order valence-corrected chi connectivity index (χ2v) is 4.28. The highest BCUT2D eigenvalue weighted by atomic mass is 16.2. The summed E-state index contributed by atoms with van der Waals surface area (Å²) in [5, 5.41) is 5.16. The first-order chi connectivity index (χ1) is 8.91. The van der Waals surface area contributed by atoms with Gasteiger partial charge in [0.15, 0.2) is 5.43 Å². The van der Waals surface area contributed by atoms with Crippen molar-refractivity contribution in [2.75, 3.05) is 27.2 Å². The Morgan fingerprint density at radius 2 is 1.89 bits per heavy atom. The maximum atomic E-state index is 11.7. The van der Waals surface area contributed by atoms with Gasteiger partial charge in [-0.05, 0) is 6.92 Å². The molecule has 0 aliphatic rings. The van der Waals surface area contributed by atoms with Crippen LogP contribution >= 0.6 is 0 Å². The van der Waals surface area contributed by atoms with Crippen LogP contribution in [-0.2, 0) is 0 Å². The van der Waals surface area contributed by atoms with Gasteiger partial charge in [0.1, 0.15) is 5.56 Å². The number of aromatic nitrogens is 1. The standard InChI is InChI=1S/C12H18N4O3/c1-8-6-10(17)9(7-15-8)11(18)13-4-5-14-12(19)16(2)3/h6-7H,4-5H2,1-3H3,(H,13,18)(H,14,19)(H,15,17). The van der Waals surface area contributed by atoms with Gasteiger partial charge in [0, 0.05) is 45.1 Å². The highest BCUT2D eigenvalue weighted by Crippen LogP contribution is 1.91. The lowest BCUT2D eigenvalue weighted by molar-refractivity contribution is 0.0952. The first kappa shape index (κ1) is 14.7. The van der Waals surface area contributed by atoms with Gasteiger partial charge < -0.3 is 20.5 Å². The van der Waals surface area contributed by atoms with E-state index in [1.807, 2.05) is 0 Å². The normalized spacial score (nSPS) is 9.84. The summed E-state index contributed by atoms with van der Waals surface area (Å²) in [7, 11) is 3.25. The van der Waals surface area contributed by atoms with E-state index < -0.39 is 5.91 Å². The van der Waals surface area contributed by atoms with E-state index in [9.17, 15) is 14.4 Å². The van der Waals surface area contributed by atoms with E-state index in [0.717, 1.165) is 0 Å². The van der Waals surface area contributed by atoms with E-state index in [1.165, 1.54) is 17.2 Å². The molecule has 1 aromatic heterocycles. The fourth-order valence-corrected chi connectivity index (χ4v) is 1.35. The van der Waals surface area contributed by atoms with E-state index in [2.05, 4.69) is 15.6 Å². The highest BCUT2D eigenvalue weighted by molar-refractivity contribution is 5.93. The van der Waals surface area contributed by atoms with Gasteiger partial charge in [0.25, 0.3) is 5.91 Å². The molecule has 3 N–H and O–H groups in total. The van der Waals surface area contributed by atoms with E-state index >= 15 is 0 Å². The molecule has 7 nitrogen and oxygen atoms in total. The summed E-state index contributed by atoms with van der Waals surface area (Å²) in [5.74, 6) is -0.458. The number of hydrogen-bond acceptors (Lipinski definition) is 3. The van der Waals surface area contributed by atoms with Crippen LogP contribution < -0.4 is 16.1 Å². The first-order valence-corrected chi connectivity index (χ1v) is 5.84. The molecule has 0 saturated heterocycles. The Labute approximate surface area is 111 Å². The Hall–Kier alpha value is -2.31. The Balaban J connectivity index is 2.44. The van der Waals surface area contributed by atoms with Crippen molar-refractivity contribution in [2.45, 2.75) is 6.92 Å². The highest BCUT2D eigenvalue weighted by Gasteiger charge is 2.09. The molecule has 0 aliphatic carbocycles. The van der Waals surface area contributed by atoms with Crippen LogP contribution in [0.15, 0.2) is 17.1 Å². The van der Waals surface area contributed by atoms with Crippen molar-refractivity contribution < 1.29 is 9.59 Å². The van der Waals surface area contributed by atoms with Gasteiger partial charge in [-0.25, -0.2) is 4.79 Å². The molecule has 0 bridgehead atoms. The van der Waals surface area contributed by atoms with Gasteiger partial charge in [-0.1, -0.05) is 0 Å². The number of H-pyrrole nitrogens is 1. The molecular weight excluding hydrogens is 248 g/mol. The molecule has 0 unspecified atom stereocenters. The van der Waals surface area contributed by atoms with Crippen molar-refractivity contribution in [3.8, 4) is 0 Å².